The molecule has 8 heteroatoms. The van der Waals surface area contributed by atoms with Gasteiger partial charge in [-0.1, -0.05) is 35.0 Å². The molecule has 2 aliphatic rings. The lowest BCUT2D eigenvalue weighted by Crippen LogP contribution is -2.38. The molecule has 0 unspecified atom stereocenters. The van der Waals surface area contributed by atoms with Gasteiger partial charge in [0.05, 0.1) is 36.8 Å². The summed E-state index contributed by atoms with van der Waals surface area (Å²) in [7, 11) is 0. The lowest BCUT2D eigenvalue weighted by Gasteiger charge is -2.29. The normalized spacial score (nSPS) is 18.3. The molecule has 184 valence electrons. The molecule has 35 heavy (non-hydrogen) atoms. The van der Waals surface area contributed by atoms with Crippen LogP contribution in [0.15, 0.2) is 56.1 Å². The molecule has 0 bridgehead atoms. The maximum atomic E-state index is 13.7. The summed E-state index contributed by atoms with van der Waals surface area (Å²) in [5, 5.41) is 0.467. The van der Waals surface area contributed by atoms with Crippen molar-refractivity contribution in [1.29, 1.82) is 0 Å². The highest BCUT2D eigenvalue weighted by Gasteiger charge is 2.42. The summed E-state index contributed by atoms with van der Waals surface area (Å²) < 4.78 is 18.0. The van der Waals surface area contributed by atoms with Crippen molar-refractivity contribution in [3.63, 3.8) is 0 Å². The van der Waals surface area contributed by atoms with Crippen LogP contribution in [0.2, 0.25) is 0 Å². The van der Waals surface area contributed by atoms with Gasteiger partial charge in [0.25, 0.3) is 5.91 Å². The molecule has 1 atom stereocenters. The SMILES string of the molecule is CCCOc1ccc([C@H]2c3c(oc4ccc(Br)cc4c3=O)C(=O)N2CCCN2CCOCC2)cc1. The Morgan fingerprint density at radius 3 is 2.57 bits per heavy atom. The second-order valence-electron chi connectivity index (χ2n) is 8.94. The van der Waals surface area contributed by atoms with Crippen LogP contribution >= 0.6 is 15.9 Å². The first-order valence-electron chi connectivity index (χ1n) is 12.2. The van der Waals surface area contributed by atoms with Gasteiger partial charge in [-0.15, -0.1) is 0 Å². The highest BCUT2D eigenvalue weighted by atomic mass is 79.9. The highest BCUT2D eigenvalue weighted by Crippen LogP contribution is 2.39. The van der Waals surface area contributed by atoms with Crippen molar-refractivity contribution in [2.45, 2.75) is 25.8 Å². The Hall–Kier alpha value is -2.68. The van der Waals surface area contributed by atoms with Crippen LogP contribution in [-0.4, -0.2) is 61.7 Å². The van der Waals surface area contributed by atoms with Gasteiger partial charge in [-0.2, -0.15) is 0 Å². The number of carbonyl (C=O) groups is 1. The summed E-state index contributed by atoms with van der Waals surface area (Å²) in [5.74, 6) is 0.682. The van der Waals surface area contributed by atoms with E-state index in [1.807, 2.05) is 30.3 Å². The van der Waals surface area contributed by atoms with Crippen LogP contribution in [0.5, 0.6) is 5.75 Å². The Bertz CT molecular complexity index is 1270. The van der Waals surface area contributed by atoms with E-state index in [0.29, 0.717) is 29.7 Å². The zero-order chi connectivity index (χ0) is 24.4. The van der Waals surface area contributed by atoms with Crippen molar-refractivity contribution < 1.29 is 18.7 Å². The topological polar surface area (TPSA) is 72.2 Å². The monoisotopic (exact) mass is 540 g/mol. The van der Waals surface area contributed by atoms with E-state index in [-0.39, 0.29) is 17.1 Å². The predicted molar refractivity (Wildman–Crippen MR) is 137 cm³/mol. The lowest BCUT2D eigenvalue weighted by molar-refractivity contribution is 0.0353. The van der Waals surface area contributed by atoms with E-state index < -0.39 is 6.04 Å². The number of benzene rings is 2. The smallest absolute Gasteiger partial charge is 0.290 e. The molecule has 5 rings (SSSR count). The molecule has 2 aromatic carbocycles. The van der Waals surface area contributed by atoms with Crippen LogP contribution in [-0.2, 0) is 4.74 Å². The van der Waals surface area contributed by atoms with Gasteiger partial charge in [0.1, 0.15) is 11.3 Å². The third-order valence-electron chi connectivity index (χ3n) is 6.57. The van der Waals surface area contributed by atoms with Crippen molar-refractivity contribution in [3.05, 3.63) is 74.0 Å². The number of fused-ring (bicyclic) bond motifs is 2. The number of amides is 1. The largest absolute Gasteiger partial charge is 0.494 e. The third kappa shape index (κ3) is 4.87. The van der Waals surface area contributed by atoms with E-state index in [1.165, 1.54) is 0 Å². The summed E-state index contributed by atoms with van der Waals surface area (Å²) in [6.45, 7) is 7.38. The average Bonchev–Trinajstić information content (AvgIpc) is 3.16. The summed E-state index contributed by atoms with van der Waals surface area (Å²) in [4.78, 5) is 31.4. The molecule has 0 spiro atoms. The molecular weight excluding hydrogens is 512 g/mol. The summed E-state index contributed by atoms with van der Waals surface area (Å²) in [6.07, 6.45) is 1.72. The maximum Gasteiger partial charge on any atom is 0.290 e. The van der Waals surface area contributed by atoms with Crippen LogP contribution in [0.3, 0.4) is 0 Å². The molecule has 1 aromatic heterocycles. The lowest BCUT2D eigenvalue weighted by atomic mass is 9.98. The van der Waals surface area contributed by atoms with E-state index in [1.54, 1.807) is 17.0 Å². The second-order valence-corrected chi connectivity index (χ2v) is 9.86. The van der Waals surface area contributed by atoms with Crippen LogP contribution in [0, 0.1) is 0 Å². The number of ether oxygens (including phenoxy) is 2. The Balaban J connectivity index is 1.50. The summed E-state index contributed by atoms with van der Waals surface area (Å²) >= 11 is 3.45. The molecule has 7 nitrogen and oxygen atoms in total. The minimum atomic E-state index is -0.498. The Morgan fingerprint density at radius 2 is 1.83 bits per heavy atom. The van der Waals surface area contributed by atoms with Gasteiger partial charge in [-0.05, 0) is 48.7 Å². The van der Waals surface area contributed by atoms with Crippen molar-refractivity contribution in [2.75, 3.05) is 46.0 Å². The fourth-order valence-corrected chi connectivity index (χ4v) is 5.19. The van der Waals surface area contributed by atoms with Gasteiger partial charge in [0.15, 0.2) is 5.43 Å². The first-order chi connectivity index (χ1) is 17.1. The van der Waals surface area contributed by atoms with Crippen molar-refractivity contribution >= 4 is 32.8 Å². The van der Waals surface area contributed by atoms with Gasteiger partial charge in [0.2, 0.25) is 5.76 Å². The van der Waals surface area contributed by atoms with E-state index in [0.717, 1.165) is 61.5 Å². The standard InChI is InChI=1S/C27H29BrN2O5/c1-2-14-34-20-7-4-18(5-8-20)24-23-25(31)21-17-19(28)6-9-22(21)35-26(23)27(32)30(24)11-3-10-29-12-15-33-16-13-29/h4-9,17,24H,2-3,10-16H2,1H3/t24-/m0/s1. The fraction of sp³-hybridized carbons (Fsp3) is 0.407. The third-order valence-corrected chi connectivity index (χ3v) is 7.07. The molecule has 1 amide bonds. The molecular formula is C27H29BrN2O5. The van der Waals surface area contributed by atoms with E-state index in [2.05, 4.69) is 27.8 Å². The first kappa shape index (κ1) is 24.0. The van der Waals surface area contributed by atoms with Crippen molar-refractivity contribution in [2.24, 2.45) is 0 Å². The molecule has 0 radical (unpaired) electrons. The van der Waals surface area contributed by atoms with Gasteiger partial charge < -0.3 is 18.8 Å². The predicted octanol–water partition coefficient (Wildman–Crippen LogP) is 4.61. The zero-order valence-electron chi connectivity index (χ0n) is 19.8. The number of nitrogens with zero attached hydrogens (tertiary/aromatic N) is 2. The quantitative estimate of drug-likeness (QED) is 0.415. The molecule has 0 saturated carbocycles. The van der Waals surface area contributed by atoms with Gasteiger partial charge in [-0.25, -0.2) is 0 Å². The summed E-state index contributed by atoms with van der Waals surface area (Å²) in [6, 6.07) is 12.5. The zero-order valence-corrected chi connectivity index (χ0v) is 21.4. The number of hydrogen-bond acceptors (Lipinski definition) is 6. The van der Waals surface area contributed by atoms with Gasteiger partial charge in [-0.3, -0.25) is 14.5 Å². The van der Waals surface area contributed by atoms with Crippen LogP contribution in [0.1, 0.15) is 47.5 Å². The number of morpholine rings is 1. The maximum absolute atomic E-state index is 13.7. The fourth-order valence-electron chi connectivity index (χ4n) is 4.83. The number of carbonyl (C=O) groups excluding carboxylic acids is 1. The Kier molecular flexibility index (Phi) is 7.22. The Labute approximate surface area is 212 Å². The van der Waals surface area contributed by atoms with Crippen LogP contribution < -0.4 is 10.2 Å². The molecule has 1 saturated heterocycles. The molecule has 1 fully saturated rings. The van der Waals surface area contributed by atoms with Gasteiger partial charge >= 0.3 is 0 Å². The number of hydrogen-bond donors (Lipinski definition) is 0. The minimum Gasteiger partial charge on any atom is -0.494 e. The second kappa shape index (κ2) is 10.5. The molecule has 0 N–H and O–H groups in total. The summed E-state index contributed by atoms with van der Waals surface area (Å²) in [5.41, 5.74) is 1.54. The van der Waals surface area contributed by atoms with Crippen molar-refractivity contribution in [3.8, 4) is 5.75 Å². The average molecular weight is 541 g/mol. The first-order valence-corrected chi connectivity index (χ1v) is 13.0. The molecule has 3 aromatic rings. The van der Waals surface area contributed by atoms with Gasteiger partial charge in [0, 0.05) is 30.7 Å². The van der Waals surface area contributed by atoms with E-state index in [4.69, 9.17) is 13.9 Å². The van der Waals surface area contributed by atoms with E-state index in [9.17, 15) is 9.59 Å². The van der Waals surface area contributed by atoms with Crippen LogP contribution in [0.25, 0.3) is 11.0 Å². The molecule has 0 aliphatic carbocycles. The Morgan fingerprint density at radius 1 is 1.06 bits per heavy atom. The van der Waals surface area contributed by atoms with Crippen LogP contribution in [0.4, 0.5) is 0 Å². The van der Waals surface area contributed by atoms with E-state index >= 15 is 0 Å². The number of halogens is 1. The number of rotatable bonds is 8. The molecule has 3 heterocycles. The molecule has 2 aliphatic heterocycles. The highest BCUT2D eigenvalue weighted by molar-refractivity contribution is 9.10. The van der Waals surface area contributed by atoms with Crippen molar-refractivity contribution in [1.82, 2.24) is 9.80 Å². The minimum absolute atomic E-state index is 0.146.